The highest BCUT2D eigenvalue weighted by molar-refractivity contribution is 5.95. The molecule has 0 bridgehead atoms. The topological polar surface area (TPSA) is 209 Å². The van der Waals surface area contributed by atoms with E-state index in [0.717, 1.165) is 0 Å². The number of aliphatic carboxylic acids is 1. The van der Waals surface area contributed by atoms with Crippen LogP contribution in [0.3, 0.4) is 0 Å². The molecule has 0 rings (SSSR count). The van der Waals surface area contributed by atoms with Crippen molar-refractivity contribution in [3.63, 3.8) is 0 Å². The van der Waals surface area contributed by atoms with Gasteiger partial charge in [-0.05, 0) is 50.9 Å². The number of hydrogen-bond donors (Lipinski definition) is 7. The van der Waals surface area contributed by atoms with Gasteiger partial charge in [0.25, 0.3) is 0 Å². The highest BCUT2D eigenvalue weighted by Crippen LogP contribution is 2.10. The molecule has 0 radical (unpaired) electrons. The molecule has 0 saturated carbocycles. The van der Waals surface area contributed by atoms with Gasteiger partial charge in [-0.2, -0.15) is 0 Å². The molecular weight excluding hydrogens is 508 g/mol. The molecule has 39 heavy (non-hydrogen) atoms. The summed E-state index contributed by atoms with van der Waals surface area (Å²) in [5.74, 6) is -3.89. The van der Waals surface area contributed by atoms with Gasteiger partial charge in [0.1, 0.15) is 30.7 Å². The van der Waals surface area contributed by atoms with Crippen molar-refractivity contribution in [1.82, 2.24) is 26.6 Å². The Morgan fingerprint density at radius 2 is 0.949 bits per heavy atom. The summed E-state index contributed by atoms with van der Waals surface area (Å²) >= 11 is 0. The Morgan fingerprint density at radius 3 is 1.38 bits per heavy atom. The molecule has 0 heterocycles. The SMILES string of the molecule is CC(C)C[C@H](NC(=O)[C@H](CC(C)C)NC(=O)[C@@H](N)CC(C)C)C(=O)N[C@@H](C)C(=O)N[C@@H](C)C(=O)NCC(=O)O. The van der Waals surface area contributed by atoms with Gasteiger partial charge >= 0.3 is 5.97 Å². The van der Waals surface area contributed by atoms with E-state index >= 15 is 0 Å². The molecule has 0 aromatic heterocycles. The van der Waals surface area contributed by atoms with E-state index in [1.54, 1.807) is 0 Å². The largest absolute Gasteiger partial charge is 0.480 e. The number of nitrogens with two attached hydrogens (primary N) is 1. The highest BCUT2D eigenvalue weighted by atomic mass is 16.4. The molecule has 0 aromatic rings. The van der Waals surface area contributed by atoms with E-state index in [2.05, 4.69) is 26.6 Å². The summed E-state index contributed by atoms with van der Waals surface area (Å²) in [6, 6.07) is -4.75. The predicted molar refractivity (Wildman–Crippen MR) is 146 cm³/mol. The van der Waals surface area contributed by atoms with Crippen molar-refractivity contribution in [1.29, 1.82) is 0 Å². The van der Waals surface area contributed by atoms with Gasteiger partial charge in [0.15, 0.2) is 0 Å². The minimum Gasteiger partial charge on any atom is -0.480 e. The first-order chi connectivity index (χ1) is 17.9. The third-order valence-electron chi connectivity index (χ3n) is 5.66. The zero-order valence-corrected chi connectivity index (χ0v) is 24.4. The van der Waals surface area contributed by atoms with Crippen LogP contribution in [0.5, 0.6) is 0 Å². The Balaban J connectivity index is 5.39. The van der Waals surface area contributed by atoms with Gasteiger partial charge in [0.2, 0.25) is 29.5 Å². The summed E-state index contributed by atoms with van der Waals surface area (Å²) in [5.41, 5.74) is 5.98. The summed E-state index contributed by atoms with van der Waals surface area (Å²) < 4.78 is 0. The Labute approximate surface area is 231 Å². The molecule has 0 unspecified atom stereocenters. The quantitative estimate of drug-likeness (QED) is 0.125. The lowest BCUT2D eigenvalue weighted by atomic mass is 9.99. The molecule has 0 fully saturated rings. The molecule has 5 amide bonds. The number of nitrogens with one attached hydrogen (secondary N) is 5. The van der Waals surface area contributed by atoms with Gasteiger partial charge in [0, 0.05) is 0 Å². The van der Waals surface area contributed by atoms with Crippen LogP contribution >= 0.6 is 0 Å². The zero-order chi connectivity index (χ0) is 30.4. The highest BCUT2D eigenvalue weighted by Gasteiger charge is 2.31. The van der Waals surface area contributed by atoms with Crippen molar-refractivity contribution < 1.29 is 33.9 Å². The Bertz CT molecular complexity index is 862. The molecule has 0 aromatic carbocycles. The Kier molecular flexibility index (Phi) is 15.9. The zero-order valence-electron chi connectivity index (χ0n) is 24.4. The number of hydrogen-bond acceptors (Lipinski definition) is 7. The normalized spacial score (nSPS) is 15.1. The van der Waals surface area contributed by atoms with Crippen molar-refractivity contribution in [2.75, 3.05) is 6.54 Å². The van der Waals surface area contributed by atoms with Crippen LogP contribution in [0, 0.1) is 17.8 Å². The molecule has 13 heteroatoms. The van der Waals surface area contributed by atoms with Crippen LogP contribution < -0.4 is 32.3 Å². The Hall–Kier alpha value is -3.22. The first-order valence-corrected chi connectivity index (χ1v) is 13.4. The smallest absolute Gasteiger partial charge is 0.322 e. The lowest BCUT2D eigenvalue weighted by molar-refractivity contribution is -0.138. The standard InChI is InChI=1S/C26H48N6O7/c1-13(2)9-18(27)24(37)31-20(11-15(5)6)26(39)32-19(10-14(3)4)25(38)30-17(8)23(36)29-16(7)22(35)28-12-21(33)34/h13-20H,9-12,27H2,1-8H3,(H,28,35)(H,29,36)(H,30,38)(H,31,37)(H,32,39)(H,33,34)/t16-,17-,18-,19-,20-/m0/s1. The second kappa shape index (κ2) is 17.4. The average molecular weight is 557 g/mol. The number of carbonyl (C=O) groups is 6. The monoisotopic (exact) mass is 556 g/mol. The first kappa shape index (κ1) is 35.8. The van der Waals surface area contributed by atoms with Gasteiger partial charge in [-0.25, -0.2) is 0 Å². The molecule has 224 valence electrons. The van der Waals surface area contributed by atoms with Crippen molar-refractivity contribution >= 4 is 35.5 Å². The van der Waals surface area contributed by atoms with E-state index in [9.17, 15) is 28.8 Å². The maximum atomic E-state index is 13.2. The molecule has 5 atom stereocenters. The van der Waals surface area contributed by atoms with E-state index < -0.39 is 72.3 Å². The van der Waals surface area contributed by atoms with Gasteiger partial charge in [-0.15, -0.1) is 0 Å². The minimum absolute atomic E-state index is 0.0146. The van der Waals surface area contributed by atoms with E-state index in [0.29, 0.717) is 12.8 Å². The van der Waals surface area contributed by atoms with Crippen molar-refractivity contribution in [2.45, 2.75) is 105 Å². The summed E-state index contributed by atoms with van der Waals surface area (Å²) in [6.45, 7) is 13.6. The molecule has 0 spiro atoms. The fraction of sp³-hybridized carbons (Fsp3) is 0.769. The van der Waals surface area contributed by atoms with Crippen LogP contribution in [0.1, 0.15) is 74.7 Å². The fourth-order valence-electron chi connectivity index (χ4n) is 3.67. The van der Waals surface area contributed by atoms with Crippen molar-refractivity contribution in [2.24, 2.45) is 23.5 Å². The molecule has 0 aliphatic rings. The second-order valence-electron chi connectivity index (χ2n) is 11.2. The molecule has 8 N–H and O–H groups in total. The van der Waals surface area contributed by atoms with E-state index in [1.807, 2.05) is 41.5 Å². The van der Waals surface area contributed by atoms with Crippen LogP contribution in [-0.2, 0) is 28.8 Å². The van der Waals surface area contributed by atoms with Crippen LogP contribution in [0.15, 0.2) is 0 Å². The lowest BCUT2D eigenvalue weighted by Gasteiger charge is -2.27. The molecule has 0 saturated heterocycles. The van der Waals surface area contributed by atoms with Crippen LogP contribution in [-0.4, -0.2) is 77.4 Å². The van der Waals surface area contributed by atoms with Crippen LogP contribution in [0.2, 0.25) is 0 Å². The summed E-state index contributed by atoms with van der Waals surface area (Å²) in [7, 11) is 0. The molecule has 13 nitrogen and oxygen atoms in total. The Morgan fingerprint density at radius 1 is 0.564 bits per heavy atom. The average Bonchev–Trinajstić information content (AvgIpc) is 2.80. The van der Waals surface area contributed by atoms with Gasteiger partial charge in [-0.1, -0.05) is 41.5 Å². The first-order valence-electron chi connectivity index (χ1n) is 13.4. The summed E-state index contributed by atoms with van der Waals surface area (Å²) in [5, 5.41) is 21.2. The molecular formula is C26H48N6O7. The number of amides is 5. The lowest BCUT2D eigenvalue weighted by Crippen LogP contribution is -2.58. The van der Waals surface area contributed by atoms with Crippen LogP contribution in [0.25, 0.3) is 0 Å². The fourth-order valence-corrected chi connectivity index (χ4v) is 3.67. The van der Waals surface area contributed by atoms with Gasteiger partial charge in [0.05, 0.1) is 6.04 Å². The van der Waals surface area contributed by atoms with Gasteiger partial charge < -0.3 is 37.4 Å². The number of carboxylic acids is 1. The molecule has 0 aliphatic heterocycles. The maximum Gasteiger partial charge on any atom is 0.322 e. The van der Waals surface area contributed by atoms with E-state index in [1.165, 1.54) is 13.8 Å². The predicted octanol–water partition coefficient (Wildman–Crippen LogP) is -0.368. The van der Waals surface area contributed by atoms with Crippen molar-refractivity contribution in [3.05, 3.63) is 0 Å². The van der Waals surface area contributed by atoms with E-state index in [-0.39, 0.29) is 24.2 Å². The van der Waals surface area contributed by atoms with Crippen LogP contribution in [0.4, 0.5) is 0 Å². The summed E-state index contributed by atoms with van der Waals surface area (Å²) in [6.07, 6.45) is 1.07. The minimum atomic E-state index is -1.23. The second-order valence-corrected chi connectivity index (χ2v) is 11.2. The third-order valence-corrected chi connectivity index (χ3v) is 5.66. The van der Waals surface area contributed by atoms with E-state index in [4.69, 9.17) is 10.8 Å². The van der Waals surface area contributed by atoms with Gasteiger partial charge in [-0.3, -0.25) is 28.8 Å². The van der Waals surface area contributed by atoms with Crippen molar-refractivity contribution in [3.8, 4) is 0 Å². The number of carboxylic acid groups (broad SMARTS) is 1. The number of rotatable bonds is 17. The molecule has 0 aliphatic carbocycles. The third kappa shape index (κ3) is 15.1. The summed E-state index contributed by atoms with van der Waals surface area (Å²) in [4.78, 5) is 73.9. The number of carbonyl (C=O) groups excluding carboxylic acids is 5. The maximum absolute atomic E-state index is 13.2.